The standard InChI is InChI=1S/C23H25FN4OS/c1-16-15-17(10-11-18(16)24)5-2-9-22(29)28-13-4-7-20(28)19-6-3-8-21(26-19)27-23-25-12-14-30-23/h3,6,8,10-12,14-15,20H,2,4-5,7,9,13H2,1H3,(H,25,26,27)/t20-/m0/s1. The normalized spacial score (nSPS) is 16.1. The molecule has 1 aliphatic heterocycles. The van der Waals surface area contributed by atoms with Gasteiger partial charge in [0, 0.05) is 24.5 Å². The monoisotopic (exact) mass is 424 g/mol. The highest BCUT2D eigenvalue weighted by Crippen LogP contribution is 2.32. The number of likely N-dealkylation sites (tertiary alicyclic amines) is 1. The second-order valence-corrected chi connectivity index (χ2v) is 8.49. The van der Waals surface area contributed by atoms with Crippen molar-refractivity contribution in [2.45, 2.75) is 45.1 Å². The third-order valence-corrected chi connectivity index (χ3v) is 6.12. The summed E-state index contributed by atoms with van der Waals surface area (Å²) in [6.07, 6.45) is 5.68. The van der Waals surface area contributed by atoms with E-state index in [2.05, 4.69) is 10.3 Å². The Balaban J connectivity index is 1.37. The van der Waals surface area contributed by atoms with Crippen LogP contribution in [0.3, 0.4) is 0 Å². The van der Waals surface area contributed by atoms with Crippen LogP contribution in [-0.2, 0) is 11.2 Å². The lowest BCUT2D eigenvalue weighted by atomic mass is 10.0. The van der Waals surface area contributed by atoms with E-state index in [9.17, 15) is 9.18 Å². The van der Waals surface area contributed by atoms with Gasteiger partial charge in [0.1, 0.15) is 11.6 Å². The van der Waals surface area contributed by atoms with Gasteiger partial charge in [-0.15, -0.1) is 11.3 Å². The molecule has 1 saturated heterocycles. The third-order valence-electron chi connectivity index (χ3n) is 5.43. The first kappa shape index (κ1) is 20.5. The molecule has 0 spiro atoms. The van der Waals surface area contributed by atoms with Gasteiger partial charge in [-0.05, 0) is 61.9 Å². The van der Waals surface area contributed by atoms with Crippen LogP contribution in [0.1, 0.15) is 48.5 Å². The first-order valence-electron chi connectivity index (χ1n) is 10.3. The highest BCUT2D eigenvalue weighted by Gasteiger charge is 2.30. The molecule has 0 aliphatic carbocycles. The van der Waals surface area contributed by atoms with Gasteiger partial charge in [-0.1, -0.05) is 18.2 Å². The van der Waals surface area contributed by atoms with Crippen LogP contribution in [-0.4, -0.2) is 27.3 Å². The molecule has 0 unspecified atom stereocenters. The van der Waals surface area contributed by atoms with Crippen molar-refractivity contribution in [3.8, 4) is 0 Å². The third kappa shape index (κ3) is 4.84. The Morgan fingerprint density at radius 1 is 1.33 bits per heavy atom. The fourth-order valence-corrected chi connectivity index (χ4v) is 4.46. The van der Waals surface area contributed by atoms with Crippen LogP contribution in [0, 0.1) is 12.7 Å². The summed E-state index contributed by atoms with van der Waals surface area (Å²) in [6.45, 7) is 2.54. The van der Waals surface area contributed by atoms with E-state index in [-0.39, 0.29) is 17.8 Å². The zero-order valence-electron chi connectivity index (χ0n) is 17.0. The number of hydrogen-bond donors (Lipinski definition) is 1. The maximum absolute atomic E-state index is 13.4. The average Bonchev–Trinajstić information content (AvgIpc) is 3.43. The number of aromatic nitrogens is 2. The number of carbonyl (C=O) groups excluding carboxylic acids is 1. The minimum atomic E-state index is -0.186. The number of halogens is 1. The van der Waals surface area contributed by atoms with E-state index >= 15 is 0 Å². The molecule has 7 heteroatoms. The van der Waals surface area contributed by atoms with Crippen molar-refractivity contribution in [1.29, 1.82) is 0 Å². The molecule has 1 fully saturated rings. The smallest absolute Gasteiger partial charge is 0.223 e. The van der Waals surface area contributed by atoms with Crippen LogP contribution in [0.25, 0.3) is 0 Å². The van der Waals surface area contributed by atoms with Crippen molar-refractivity contribution in [2.75, 3.05) is 11.9 Å². The predicted octanol–water partition coefficient (Wildman–Crippen LogP) is 5.42. The van der Waals surface area contributed by atoms with Crippen molar-refractivity contribution in [1.82, 2.24) is 14.9 Å². The van der Waals surface area contributed by atoms with E-state index in [0.29, 0.717) is 12.0 Å². The highest BCUT2D eigenvalue weighted by atomic mass is 32.1. The van der Waals surface area contributed by atoms with E-state index in [1.807, 2.05) is 34.5 Å². The molecular formula is C23H25FN4OS. The zero-order chi connectivity index (χ0) is 20.9. The number of nitrogens with zero attached hydrogens (tertiary/aromatic N) is 3. The average molecular weight is 425 g/mol. The summed E-state index contributed by atoms with van der Waals surface area (Å²) in [7, 11) is 0. The lowest BCUT2D eigenvalue weighted by Gasteiger charge is -2.25. The zero-order valence-corrected chi connectivity index (χ0v) is 17.8. The lowest BCUT2D eigenvalue weighted by Crippen LogP contribution is -2.30. The molecule has 0 saturated carbocycles. The molecule has 1 N–H and O–H groups in total. The molecule has 2 aromatic heterocycles. The van der Waals surface area contributed by atoms with Crippen molar-refractivity contribution in [3.63, 3.8) is 0 Å². The van der Waals surface area contributed by atoms with Crippen LogP contribution in [0.2, 0.25) is 0 Å². The summed E-state index contributed by atoms with van der Waals surface area (Å²) in [6, 6.07) is 11.1. The summed E-state index contributed by atoms with van der Waals surface area (Å²) in [4.78, 5) is 23.8. The second kappa shape index (κ2) is 9.34. The first-order chi connectivity index (χ1) is 14.6. The van der Waals surface area contributed by atoms with Gasteiger partial charge in [0.05, 0.1) is 11.7 Å². The molecule has 1 atom stereocenters. The molecule has 156 valence electrons. The van der Waals surface area contributed by atoms with Crippen molar-refractivity contribution < 1.29 is 9.18 Å². The first-order valence-corrected chi connectivity index (χ1v) is 11.2. The minimum Gasteiger partial charge on any atom is -0.334 e. The quantitative estimate of drug-likeness (QED) is 0.551. The number of nitrogens with one attached hydrogen (secondary N) is 1. The van der Waals surface area contributed by atoms with Gasteiger partial charge >= 0.3 is 0 Å². The van der Waals surface area contributed by atoms with E-state index in [1.165, 1.54) is 17.4 Å². The molecule has 1 aromatic carbocycles. The Morgan fingerprint density at radius 2 is 2.23 bits per heavy atom. The summed E-state index contributed by atoms with van der Waals surface area (Å²) in [5.74, 6) is 0.721. The van der Waals surface area contributed by atoms with Gasteiger partial charge in [-0.2, -0.15) is 0 Å². The van der Waals surface area contributed by atoms with E-state index in [0.717, 1.165) is 54.4 Å². The van der Waals surface area contributed by atoms with Gasteiger partial charge < -0.3 is 10.2 Å². The number of rotatable bonds is 7. The Bertz CT molecular complexity index is 1010. The number of carbonyl (C=O) groups is 1. The van der Waals surface area contributed by atoms with Gasteiger partial charge in [0.25, 0.3) is 0 Å². The van der Waals surface area contributed by atoms with Crippen LogP contribution < -0.4 is 5.32 Å². The molecule has 0 bridgehead atoms. The number of thiazole rings is 1. The van der Waals surface area contributed by atoms with Crippen LogP contribution in [0.15, 0.2) is 48.0 Å². The number of aryl methyl sites for hydroxylation is 2. The van der Waals surface area contributed by atoms with E-state index in [1.54, 1.807) is 19.2 Å². The van der Waals surface area contributed by atoms with Crippen LogP contribution >= 0.6 is 11.3 Å². The SMILES string of the molecule is Cc1cc(CCCC(=O)N2CCC[C@H]2c2cccc(Nc3nccs3)n2)ccc1F. The fraction of sp³-hybridized carbons (Fsp3) is 0.348. The summed E-state index contributed by atoms with van der Waals surface area (Å²) in [5.41, 5.74) is 2.63. The van der Waals surface area contributed by atoms with Gasteiger partial charge in [0.15, 0.2) is 5.13 Å². The summed E-state index contributed by atoms with van der Waals surface area (Å²) >= 11 is 1.52. The number of benzene rings is 1. The fourth-order valence-electron chi connectivity index (χ4n) is 3.92. The van der Waals surface area contributed by atoms with Crippen molar-refractivity contribution in [2.24, 2.45) is 0 Å². The Labute approximate surface area is 180 Å². The molecule has 1 aliphatic rings. The molecule has 0 radical (unpaired) electrons. The number of anilines is 2. The Kier molecular flexibility index (Phi) is 6.38. The Hall–Kier alpha value is -2.80. The largest absolute Gasteiger partial charge is 0.334 e. The molecular weight excluding hydrogens is 399 g/mol. The number of hydrogen-bond acceptors (Lipinski definition) is 5. The van der Waals surface area contributed by atoms with E-state index < -0.39 is 0 Å². The second-order valence-electron chi connectivity index (χ2n) is 7.59. The maximum atomic E-state index is 13.4. The summed E-state index contributed by atoms with van der Waals surface area (Å²) in [5, 5.41) is 5.93. The van der Waals surface area contributed by atoms with Crippen molar-refractivity contribution in [3.05, 3.63) is 70.6 Å². The number of amides is 1. The molecule has 1 amide bonds. The summed E-state index contributed by atoms with van der Waals surface area (Å²) < 4.78 is 13.4. The molecule has 5 nitrogen and oxygen atoms in total. The van der Waals surface area contributed by atoms with Gasteiger partial charge in [-0.25, -0.2) is 14.4 Å². The van der Waals surface area contributed by atoms with Crippen molar-refractivity contribution >= 4 is 28.2 Å². The van der Waals surface area contributed by atoms with Crippen LogP contribution in [0.5, 0.6) is 0 Å². The van der Waals surface area contributed by atoms with Crippen LogP contribution in [0.4, 0.5) is 15.3 Å². The number of pyridine rings is 1. The Morgan fingerprint density at radius 3 is 3.03 bits per heavy atom. The maximum Gasteiger partial charge on any atom is 0.223 e. The molecule has 30 heavy (non-hydrogen) atoms. The predicted molar refractivity (Wildman–Crippen MR) is 117 cm³/mol. The topological polar surface area (TPSA) is 58.1 Å². The lowest BCUT2D eigenvalue weighted by molar-refractivity contribution is -0.132. The van der Waals surface area contributed by atoms with E-state index in [4.69, 9.17) is 4.98 Å². The highest BCUT2D eigenvalue weighted by molar-refractivity contribution is 7.13. The minimum absolute atomic E-state index is 0.0172. The molecule has 4 rings (SSSR count). The van der Waals surface area contributed by atoms with Gasteiger partial charge in [0.2, 0.25) is 5.91 Å². The van der Waals surface area contributed by atoms with Gasteiger partial charge in [-0.3, -0.25) is 4.79 Å². The molecule has 3 heterocycles. The molecule has 3 aromatic rings.